The van der Waals surface area contributed by atoms with Gasteiger partial charge >= 0.3 is 6.18 Å². The van der Waals surface area contributed by atoms with E-state index in [4.69, 9.17) is 4.74 Å². The zero-order valence-electron chi connectivity index (χ0n) is 20.8. The number of aromatic nitrogens is 5. The summed E-state index contributed by atoms with van der Waals surface area (Å²) in [5.41, 5.74) is 1.33. The van der Waals surface area contributed by atoms with Crippen LogP contribution in [0.5, 0.6) is 0 Å². The van der Waals surface area contributed by atoms with Gasteiger partial charge in [-0.15, -0.1) is 0 Å². The van der Waals surface area contributed by atoms with Crippen LogP contribution in [-0.4, -0.2) is 37.9 Å². The fourth-order valence-corrected chi connectivity index (χ4v) is 3.76. The van der Waals surface area contributed by atoms with Gasteiger partial charge in [-0.25, -0.2) is 14.4 Å². The van der Waals surface area contributed by atoms with Crippen molar-refractivity contribution >= 4 is 11.0 Å². The first-order valence-corrected chi connectivity index (χ1v) is 12.3. The summed E-state index contributed by atoms with van der Waals surface area (Å²) in [6.45, 7) is 5.54. The molecule has 2 aliphatic rings. The summed E-state index contributed by atoms with van der Waals surface area (Å²) in [6, 6.07) is 6.69. The smallest absolute Gasteiger partial charge is 0.381 e. The number of ether oxygens (including phenoxy) is 1. The molecule has 3 aromatic heterocycles. The molecule has 1 saturated carbocycles. The van der Waals surface area contributed by atoms with Gasteiger partial charge in [-0.05, 0) is 76.3 Å². The summed E-state index contributed by atoms with van der Waals surface area (Å²) in [5.74, 6) is -1.00. The van der Waals surface area contributed by atoms with Crippen LogP contribution >= 0.6 is 0 Å². The largest absolute Gasteiger partial charge is 0.416 e. The van der Waals surface area contributed by atoms with Crippen LogP contribution in [-0.2, 0) is 10.9 Å². The normalized spacial score (nSPS) is 15.4. The minimum Gasteiger partial charge on any atom is -0.381 e. The van der Waals surface area contributed by atoms with Crippen LogP contribution in [0.1, 0.15) is 55.1 Å². The van der Waals surface area contributed by atoms with Crippen LogP contribution in [0.15, 0.2) is 48.9 Å². The molecule has 1 aromatic carbocycles. The number of fused-ring (bicyclic) bond motifs is 1. The van der Waals surface area contributed by atoms with Gasteiger partial charge < -0.3 is 4.74 Å². The fourth-order valence-electron chi connectivity index (χ4n) is 3.76. The van der Waals surface area contributed by atoms with Gasteiger partial charge in [0.15, 0.2) is 0 Å². The topological polar surface area (TPSA) is 65.7 Å². The molecule has 6 nitrogen and oxygen atoms in total. The second kappa shape index (κ2) is 11.8. The first-order valence-electron chi connectivity index (χ1n) is 12.3. The minimum atomic E-state index is -4.60. The van der Waals surface area contributed by atoms with Crippen LogP contribution in [0, 0.1) is 19.7 Å². The molecule has 4 aromatic rings. The third-order valence-electron chi connectivity index (χ3n) is 6.07. The molecule has 1 aliphatic heterocycles. The van der Waals surface area contributed by atoms with Crippen LogP contribution in [0.3, 0.4) is 0 Å². The standard InChI is InChI=1S/C16H11F4N3.C6H8N2.C5H10O/c1-8-9(2)23-15-13(22-8)5-6-21-14(15)11-4-3-10(7-12(11)17)16(18,19)20;1-4-7-8(5-1)6-2-3-6;1-2-4-6-5-3-1/h3-7H,1-2H3;1,4-6H,2-3H2;1-5H2. The van der Waals surface area contributed by atoms with Gasteiger partial charge in [-0.2, -0.15) is 18.3 Å². The van der Waals surface area contributed by atoms with Gasteiger partial charge in [-0.1, -0.05) is 0 Å². The number of halogens is 4. The number of alkyl halides is 3. The molecule has 0 N–H and O–H groups in total. The van der Waals surface area contributed by atoms with E-state index < -0.39 is 17.6 Å². The summed E-state index contributed by atoms with van der Waals surface area (Å²) >= 11 is 0. The van der Waals surface area contributed by atoms with Gasteiger partial charge in [0.1, 0.15) is 17.0 Å². The highest BCUT2D eigenvalue weighted by Crippen LogP contribution is 2.34. The molecule has 4 heterocycles. The molecule has 196 valence electrons. The van der Waals surface area contributed by atoms with E-state index >= 15 is 0 Å². The maximum Gasteiger partial charge on any atom is 0.416 e. The molecule has 1 saturated heterocycles. The Hall–Kier alpha value is -3.40. The van der Waals surface area contributed by atoms with Crippen LogP contribution in [0.25, 0.3) is 22.3 Å². The number of nitrogens with zero attached hydrogens (tertiary/aromatic N) is 5. The van der Waals surface area contributed by atoms with E-state index in [0.717, 1.165) is 37.1 Å². The summed E-state index contributed by atoms with van der Waals surface area (Å²) in [5, 5.41) is 4.09. The van der Waals surface area contributed by atoms with Gasteiger partial charge in [0.25, 0.3) is 0 Å². The SMILES string of the molecule is C1CCOCC1.Cc1nc2ccnc(-c3ccc(C(F)(F)F)cc3F)c2nc1C.c1cnn(C2CC2)c1. The first kappa shape index (κ1) is 26.7. The number of rotatable bonds is 2. The van der Waals surface area contributed by atoms with E-state index in [1.165, 1.54) is 38.3 Å². The van der Waals surface area contributed by atoms with Crippen LogP contribution < -0.4 is 0 Å². The zero-order chi connectivity index (χ0) is 26.4. The van der Waals surface area contributed by atoms with Crippen LogP contribution in [0.2, 0.25) is 0 Å². The number of pyridine rings is 1. The lowest BCUT2D eigenvalue weighted by Crippen LogP contribution is -2.06. The van der Waals surface area contributed by atoms with E-state index in [1.807, 2.05) is 23.1 Å². The number of benzene rings is 1. The Balaban J connectivity index is 0.000000183. The molecule has 0 radical (unpaired) electrons. The van der Waals surface area contributed by atoms with E-state index in [-0.39, 0.29) is 11.3 Å². The van der Waals surface area contributed by atoms with Crippen molar-refractivity contribution in [3.8, 4) is 11.3 Å². The fraction of sp³-hybridized carbons (Fsp3) is 0.407. The molecule has 1 aliphatic carbocycles. The molecule has 0 unspecified atom stereocenters. The minimum absolute atomic E-state index is 0.0406. The van der Waals surface area contributed by atoms with Gasteiger partial charge in [0, 0.05) is 37.4 Å². The monoisotopic (exact) mass is 515 g/mol. The van der Waals surface area contributed by atoms with Gasteiger partial charge in [0.2, 0.25) is 0 Å². The maximum atomic E-state index is 14.2. The third kappa shape index (κ3) is 7.09. The van der Waals surface area contributed by atoms with Crippen molar-refractivity contribution in [3.05, 3.63) is 71.7 Å². The number of hydrogen-bond donors (Lipinski definition) is 0. The van der Waals surface area contributed by atoms with E-state index in [1.54, 1.807) is 19.9 Å². The van der Waals surface area contributed by atoms with Crippen molar-refractivity contribution in [1.29, 1.82) is 0 Å². The molecule has 0 atom stereocenters. The molecular formula is C27H29F4N5O. The Kier molecular flexibility index (Phi) is 8.48. The summed E-state index contributed by atoms with van der Waals surface area (Å²) in [7, 11) is 0. The lowest BCUT2D eigenvalue weighted by atomic mass is 10.1. The highest BCUT2D eigenvalue weighted by Gasteiger charge is 2.31. The molecule has 10 heteroatoms. The summed E-state index contributed by atoms with van der Waals surface area (Å²) in [6.07, 6.45) is 7.26. The second-order valence-corrected chi connectivity index (χ2v) is 9.00. The predicted octanol–water partition coefficient (Wildman–Crippen LogP) is 6.87. The Morgan fingerprint density at radius 2 is 1.68 bits per heavy atom. The van der Waals surface area contributed by atoms with Crippen molar-refractivity contribution < 1.29 is 22.3 Å². The molecule has 2 fully saturated rings. The Morgan fingerprint density at radius 3 is 2.22 bits per heavy atom. The first-order chi connectivity index (χ1) is 17.7. The highest BCUT2D eigenvalue weighted by molar-refractivity contribution is 5.89. The molecule has 0 bridgehead atoms. The molecule has 37 heavy (non-hydrogen) atoms. The maximum absolute atomic E-state index is 14.2. The van der Waals surface area contributed by atoms with Crippen LogP contribution in [0.4, 0.5) is 17.6 Å². The summed E-state index contributed by atoms with van der Waals surface area (Å²) < 4.78 is 59.2. The number of aryl methyl sites for hydroxylation is 2. The zero-order valence-corrected chi connectivity index (χ0v) is 20.8. The average Bonchev–Trinajstić information content (AvgIpc) is 3.59. The number of hydrogen-bond acceptors (Lipinski definition) is 5. The molecule has 0 spiro atoms. The summed E-state index contributed by atoms with van der Waals surface area (Å²) in [4.78, 5) is 12.8. The van der Waals surface area contributed by atoms with E-state index in [2.05, 4.69) is 20.1 Å². The van der Waals surface area contributed by atoms with E-state index in [9.17, 15) is 17.6 Å². The Bertz CT molecular complexity index is 1310. The van der Waals surface area contributed by atoms with Crippen molar-refractivity contribution in [2.75, 3.05) is 13.2 Å². The Morgan fingerprint density at radius 1 is 0.946 bits per heavy atom. The van der Waals surface area contributed by atoms with Gasteiger partial charge in [-0.3, -0.25) is 9.67 Å². The predicted molar refractivity (Wildman–Crippen MR) is 132 cm³/mol. The third-order valence-corrected chi connectivity index (χ3v) is 6.07. The highest BCUT2D eigenvalue weighted by atomic mass is 19.4. The van der Waals surface area contributed by atoms with Gasteiger partial charge in [0.05, 0.1) is 28.5 Å². The molecule has 0 amide bonds. The average molecular weight is 516 g/mol. The second-order valence-electron chi connectivity index (χ2n) is 9.00. The van der Waals surface area contributed by atoms with Crippen molar-refractivity contribution in [3.63, 3.8) is 0 Å². The molecule has 6 rings (SSSR count). The quantitative estimate of drug-likeness (QED) is 0.273. The van der Waals surface area contributed by atoms with Crippen molar-refractivity contribution in [2.45, 2.75) is 58.2 Å². The lowest BCUT2D eigenvalue weighted by molar-refractivity contribution is -0.137. The molecular weight excluding hydrogens is 486 g/mol. The Labute approximate surface area is 212 Å². The lowest BCUT2D eigenvalue weighted by Gasteiger charge is -2.10. The van der Waals surface area contributed by atoms with Crippen molar-refractivity contribution in [1.82, 2.24) is 24.7 Å². The van der Waals surface area contributed by atoms with Crippen molar-refractivity contribution in [2.24, 2.45) is 0 Å². The van der Waals surface area contributed by atoms with E-state index in [0.29, 0.717) is 22.8 Å².